The third-order valence-corrected chi connectivity index (χ3v) is 3.22. The van der Waals surface area contributed by atoms with E-state index in [4.69, 9.17) is 16.3 Å². The molecule has 2 aromatic carbocycles. The quantitative estimate of drug-likeness (QED) is 0.746. The Bertz CT molecular complexity index is 527. The van der Waals surface area contributed by atoms with Gasteiger partial charge in [-0.05, 0) is 24.1 Å². The van der Waals surface area contributed by atoms with Crippen molar-refractivity contribution in [2.24, 2.45) is 0 Å². The van der Waals surface area contributed by atoms with Crippen molar-refractivity contribution in [2.75, 3.05) is 7.11 Å². The van der Waals surface area contributed by atoms with Crippen LogP contribution in [0.25, 0.3) is 0 Å². The van der Waals surface area contributed by atoms with Gasteiger partial charge >= 0.3 is 0 Å². The number of ether oxygens (including phenoxy) is 1. The standard InChI is InChI=1S/C15H14ClFO/c1-18-15-9-5-2-6-11(15)10-13(16)12-7-3-4-8-14(12)17/h2-9,13H,10H2,1H3. The van der Waals surface area contributed by atoms with Gasteiger partial charge in [0.2, 0.25) is 0 Å². The number of rotatable bonds is 4. The molecule has 0 radical (unpaired) electrons. The van der Waals surface area contributed by atoms with Crippen LogP contribution in [0.1, 0.15) is 16.5 Å². The van der Waals surface area contributed by atoms with Gasteiger partial charge in [-0.25, -0.2) is 4.39 Å². The Labute approximate surface area is 111 Å². The summed E-state index contributed by atoms with van der Waals surface area (Å²) in [5.41, 5.74) is 1.49. The Morgan fingerprint density at radius 3 is 2.50 bits per heavy atom. The van der Waals surface area contributed by atoms with Gasteiger partial charge in [-0.1, -0.05) is 36.4 Å². The summed E-state index contributed by atoms with van der Waals surface area (Å²) in [4.78, 5) is 0. The fraction of sp³-hybridized carbons (Fsp3) is 0.200. The van der Waals surface area contributed by atoms with Crippen molar-refractivity contribution < 1.29 is 9.13 Å². The van der Waals surface area contributed by atoms with Crippen molar-refractivity contribution in [3.05, 3.63) is 65.5 Å². The first-order valence-electron chi connectivity index (χ1n) is 5.72. The van der Waals surface area contributed by atoms with E-state index in [1.54, 1.807) is 25.3 Å². The van der Waals surface area contributed by atoms with Crippen molar-refractivity contribution >= 4 is 11.6 Å². The van der Waals surface area contributed by atoms with E-state index in [1.165, 1.54) is 6.07 Å². The number of hydrogen-bond acceptors (Lipinski definition) is 1. The van der Waals surface area contributed by atoms with Gasteiger partial charge in [0.05, 0.1) is 12.5 Å². The first-order chi connectivity index (χ1) is 8.72. The molecule has 0 aromatic heterocycles. The molecular weight excluding hydrogens is 251 g/mol. The number of para-hydroxylation sites is 1. The van der Waals surface area contributed by atoms with Gasteiger partial charge in [0.15, 0.2) is 0 Å². The van der Waals surface area contributed by atoms with Crippen LogP contribution in [-0.4, -0.2) is 7.11 Å². The molecule has 0 heterocycles. The Kier molecular flexibility index (Phi) is 4.21. The van der Waals surface area contributed by atoms with Gasteiger partial charge in [0.25, 0.3) is 0 Å². The molecule has 0 aliphatic heterocycles. The average molecular weight is 265 g/mol. The molecule has 0 amide bonds. The zero-order chi connectivity index (χ0) is 13.0. The SMILES string of the molecule is COc1ccccc1CC(Cl)c1ccccc1F. The summed E-state index contributed by atoms with van der Waals surface area (Å²) in [7, 11) is 1.62. The van der Waals surface area contributed by atoms with E-state index < -0.39 is 5.38 Å². The zero-order valence-corrected chi connectivity index (χ0v) is 10.8. The molecule has 18 heavy (non-hydrogen) atoms. The highest BCUT2D eigenvalue weighted by molar-refractivity contribution is 6.21. The molecule has 2 rings (SSSR count). The van der Waals surface area contributed by atoms with Crippen LogP contribution in [0, 0.1) is 5.82 Å². The van der Waals surface area contributed by atoms with Gasteiger partial charge in [0.1, 0.15) is 11.6 Å². The lowest BCUT2D eigenvalue weighted by atomic mass is 10.0. The molecule has 0 fully saturated rings. The maximum absolute atomic E-state index is 13.6. The summed E-state index contributed by atoms with van der Waals surface area (Å²) in [6.45, 7) is 0. The van der Waals surface area contributed by atoms with Crippen molar-refractivity contribution in [2.45, 2.75) is 11.8 Å². The molecular formula is C15H14ClFO. The molecule has 0 aliphatic rings. The molecule has 0 saturated heterocycles. The van der Waals surface area contributed by atoms with E-state index in [1.807, 2.05) is 24.3 Å². The van der Waals surface area contributed by atoms with E-state index >= 15 is 0 Å². The second-order valence-electron chi connectivity index (χ2n) is 4.01. The highest BCUT2D eigenvalue weighted by atomic mass is 35.5. The van der Waals surface area contributed by atoms with Crippen LogP contribution in [0.5, 0.6) is 5.75 Å². The van der Waals surface area contributed by atoms with Gasteiger partial charge < -0.3 is 4.74 Å². The minimum atomic E-state index is -0.400. The number of alkyl halides is 1. The summed E-state index contributed by atoms with van der Waals surface area (Å²) < 4.78 is 18.9. The normalized spacial score (nSPS) is 12.2. The van der Waals surface area contributed by atoms with Gasteiger partial charge in [-0.15, -0.1) is 11.6 Å². The van der Waals surface area contributed by atoms with Crippen LogP contribution in [0.3, 0.4) is 0 Å². The minimum Gasteiger partial charge on any atom is -0.496 e. The summed E-state index contributed by atoms with van der Waals surface area (Å²) >= 11 is 6.28. The Morgan fingerprint density at radius 2 is 1.78 bits per heavy atom. The number of hydrogen-bond donors (Lipinski definition) is 0. The molecule has 94 valence electrons. The largest absolute Gasteiger partial charge is 0.496 e. The fourth-order valence-electron chi connectivity index (χ4n) is 1.90. The number of halogens is 2. The van der Waals surface area contributed by atoms with Crippen molar-refractivity contribution in [3.8, 4) is 5.75 Å². The molecule has 0 spiro atoms. The van der Waals surface area contributed by atoms with Gasteiger partial charge in [-0.2, -0.15) is 0 Å². The van der Waals surface area contributed by atoms with E-state index in [-0.39, 0.29) is 5.82 Å². The van der Waals surface area contributed by atoms with Crippen LogP contribution < -0.4 is 4.74 Å². The third-order valence-electron chi connectivity index (χ3n) is 2.83. The zero-order valence-electron chi connectivity index (χ0n) is 10.1. The van der Waals surface area contributed by atoms with E-state index in [9.17, 15) is 4.39 Å². The average Bonchev–Trinajstić information content (AvgIpc) is 2.39. The molecule has 2 aromatic rings. The van der Waals surface area contributed by atoms with E-state index in [0.29, 0.717) is 12.0 Å². The minimum absolute atomic E-state index is 0.271. The van der Waals surface area contributed by atoms with Gasteiger partial charge in [0, 0.05) is 5.56 Å². The highest BCUT2D eigenvalue weighted by Gasteiger charge is 2.15. The number of methoxy groups -OCH3 is 1. The lowest BCUT2D eigenvalue weighted by Crippen LogP contribution is -2.00. The molecule has 3 heteroatoms. The molecule has 0 bridgehead atoms. The van der Waals surface area contributed by atoms with E-state index in [2.05, 4.69) is 0 Å². The fourth-order valence-corrected chi connectivity index (χ4v) is 2.25. The molecule has 1 nitrogen and oxygen atoms in total. The summed E-state index contributed by atoms with van der Waals surface area (Å²) in [5.74, 6) is 0.506. The predicted octanol–water partition coefficient (Wildman–Crippen LogP) is 4.36. The first kappa shape index (κ1) is 12.9. The lowest BCUT2D eigenvalue weighted by Gasteiger charge is -2.13. The molecule has 0 aliphatic carbocycles. The number of benzene rings is 2. The molecule has 0 N–H and O–H groups in total. The topological polar surface area (TPSA) is 9.23 Å². The van der Waals surface area contributed by atoms with Crippen LogP contribution in [0.4, 0.5) is 4.39 Å². The first-order valence-corrected chi connectivity index (χ1v) is 6.16. The van der Waals surface area contributed by atoms with Crippen molar-refractivity contribution in [3.63, 3.8) is 0 Å². The summed E-state index contributed by atoms with van der Waals surface area (Å²) in [6, 6.07) is 14.2. The maximum Gasteiger partial charge on any atom is 0.127 e. The maximum atomic E-state index is 13.6. The highest BCUT2D eigenvalue weighted by Crippen LogP contribution is 2.30. The summed E-state index contributed by atoms with van der Waals surface area (Å²) in [5, 5.41) is -0.400. The van der Waals surface area contributed by atoms with E-state index in [0.717, 1.165) is 11.3 Å². The predicted molar refractivity (Wildman–Crippen MR) is 71.7 cm³/mol. The lowest BCUT2D eigenvalue weighted by molar-refractivity contribution is 0.409. The smallest absolute Gasteiger partial charge is 0.127 e. The van der Waals surface area contributed by atoms with Crippen molar-refractivity contribution in [1.82, 2.24) is 0 Å². The molecule has 1 unspecified atom stereocenters. The second-order valence-corrected chi connectivity index (χ2v) is 4.53. The van der Waals surface area contributed by atoms with Crippen LogP contribution >= 0.6 is 11.6 Å². The second kappa shape index (κ2) is 5.87. The Morgan fingerprint density at radius 1 is 1.11 bits per heavy atom. The van der Waals surface area contributed by atoms with Crippen LogP contribution in [0.2, 0.25) is 0 Å². The van der Waals surface area contributed by atoms with Crippen LogP contribution in [-0.2, 0) is 6.42 Å². The molecule has 0 saturated carbocycles. The summed E-state index contributed by atoms with van der Waals surface area (Å²) in [6.07, 6.45) is 0.534. The van der Waals surface area contributed by atoms with Gasteiger partial charge in [-0.3, -0.25) is 0 Å². The third kappa shape index (κ3) is 2.82. The van der Waals surface area contributed by atoms with Crippen LogP contribution in [0.15, 0.2) is 48.5 Å². The van der Waals surface area contributed by atoms with Crippen molar-refractivity contribution in [1.29, 1.82) is 0 Å². The monoisotopic (exact) mass is 264 g/mol. The Hall–Kier alpha value is -1.54. The Balaban J connectivity index is 2.21. The molecule has 1 atom stereocenters.